The fourth-order valence-corrected chi connectivity index (χ4v) is 5.71. The van der Waals surface area contributed by atoms with Crippen molar-refractivity contribution in [3.8, 4) is 0 Å². The average Bonchev–Trinajstić information content (AvgIpc) is 2.34. The molecule has 2 aliphatic heterocycles. The maximum absolute atomic E-state index is 12.2. The van der Waals surface area contributed by atoms with Crippen molar-refractivity contribution in [2.75, 3.05) is 12.3 Å². The lowest BCUT2D eigenvalue weighted by Gasteiger charge is -2.53. The predicted molar refractivity (Wildman–Crippen MR) is 73.2 cm³/mol. The van der Waals surface area contributed by atoms with Gasteiger partial charge >= 0.3 is 5.97 Å². The highest BCUT2D eigenvalue weighted by molar-refractivity contribution is 9.24. The van der Waals surface area contributed by atoms with Crippen LogP contribution in [0.25, 0.3) is 0 Å². The van der Waals surface area contributed by atoms with E-state index in [1.165, 1.54) is 4.90 Å². The summed E-state index contributed by atoms with van der Waals surface area (Å²) >= 11 is 4.75. The minimum atomic E-state index is -1.55. The number of hydrogen-bond acceptors (Lipinski definition) is 4. The van der Waals surface area contributed by atoms with E-state index in [-0.39, 0.29) is 12.3 Å². The first-order valence-corrected chi connectivity index (χ1v) is 8.45. The summed E-state index contributed by atoms with van der Waals surface area (Å²) in [6, 6.07) is -0.811. The average molecular weight is 418 g/mol. The molecule has 4 atom stereocenters. The van der Waals surface area contributed by atoms with Gasteiger partial charge < -0.3 is 15.0 Å². The van der Waals surface area contributed by atoms with Gasteiger partial charge in [-0.05, 0) is 11.2 Å². The van der Waals surface area contributed by atoms with Gasteiger partial charge in [-0.2, -0.15) is 0 Å². The summed E-state index contributed by atoms with van der Waals surface area (Å²) in [5, 5.41) is 11.0. The topological polar surface area (TPSA) is 110 Å². The van der Waals surface area contributed by atoms with E-state index in [9.17, 15) is 24.0 Å². The first kappa shape index (κ1) is 15.1. The Morgan fingerprint density at radius 3 is 2.79 bits per heavy atom. The Bertz CT molecular complexity index is 437. The van der Waals surface area contributed by atoms with Gasteiger partial charge in [-0.3, -0.25) is 19.3 Å². The molecule has 2 saturated heterocycles. The van der Waals surface area contributed by atoms with Crippen LogP contribution in [0.3, 0.4) is 0 Å². The van der Waals surface area contributed by atoms with Gasteiger partial charge in [0.2, 0.25) is 11.8 Å². The smallest absolute Gasteiger partial charge is 0.318 e. The number of alkyl halides is 2. The van der Waals surface area contributed by atoms with Gasteiger partial charge in [0.1, 0.15) is 5.75 Å². The highest BCUT2D eigenvalue weighted by Crippen LogP contribution is 2.44. The predicted octanol–water partition coefficient (Wildman–Crippen LogP) is -0.781. The molecule has 2 fully saturated rings. The molecule has 7 nitrogen and oxygen atoms in total. The zero-order valence-electron chi connectivity index (χ0n) is 9.42. The number of amides is 2. The zero-order chi connectivity index (χ0) is 14.4. The second-order valence-electron chi connectivity index (χ2n) is 4.41. The molecule has 0 spiro atoms. The van der Waals surface area contributed by atoms with E-state index in [0.29, 0.717) is 6.41 Å². The maximum Gasteiger partial charge on any atom is 0.318 e. The Morgan fingerprint density at radius 2 is 2.32 bits per heavy atom. The molecule has 106 valence electrons. The fourth-order valence-electron chi connectivity index (χ4n) is 2.26. The molecule has 2 N–H and O–H groups in total. The number of carboxylic acids is 1. The summed E-state index contributed by atoms with van der Waals surface area (Å²) < 4.78 is 11.6. The number of hydrogen-bond donors (Lipinski definition) is 2. The van der Waals surface area contributed by atoms with Crippen LogP contribution in [-0.2, 0) is 25.6 Å². The number of fused-ring (bicyclic) bond motifs is 1. The van der Waals surface area contributed by atoms with Crippen LogP contribution in [0.4, 0.5) is 0 Å². The third-order valence-electron chi connectivity index (χ3n) is 3.35. The van der Waals surface area contributed by atoms with Gasteiger partial charge in [0, 0.05) is 6.54 Å². The summed E-state index contributed by atoms with van der Waals surface area (Å²) in [6.07, 6.45) is 0.383. The van der Waals surface area contributed by atoms with Gasteiger partial charge in [-0.15, -0.1) is 0 Å². The lowest BCUT2D eigenvalue weighted by molar-refractivity contribution is -0.157. The number of aliphatic carboxylic acids is 1. The Labute approximate surface area is 128 Å². The second kappa shape index (κ2) is 5.23. The molecule has 2 heterocycles. The summed E-state index contributed by atoms with van der Waals surface area (Å²) in [4.78, 5) is 34.9. The Kier molecular flexibility index (Phi) is 4.15. The summed E-state index contributed by atoms with van der Waals surface area (Å²) in [5.74, 6) is -1.62. The number of carbonyl (C=O) groups is 3. The van der Waals surface area contributed by atoms with Crippen molar-refractivity contribution >= 4 is 61.3 Å². The molecule has 0 aromatic carbocycles. The number of β-lactam (4-membered cyclic amide) rings is 1. The minimum Gasteiger partial charge on any atom is -0.615 e. The van der Waals surface area contributed by atoms with Gasteiger partial charge in [0.15, 0.2) is 11.5 Å². The van der Waals surface area contributed by atoms with Gasteiger partial charge in [0.05, 0.1) is 3.74 Å². The van der Waals surface area contributed by atoms with Crippen LogP contribution in [-0.4, -0.2) is 60.3 Å². The normalized spacial score (nSPS) is 37.6. The van der Waals surface area contributed by atoms with Crippen molar-refractivity contribution in [3.05, 3.63) is 0 Å². The van der Waals surface area contributed by atoms with Crippen LogP contribution in [0.5, 0.6) is 0 Å². The first-order valence-electron chi connectivity index (χ1n) is 5.24. The third-order valence-corrected chi connectivity index (χ3v) is 6.97. The Hall–Kier alpha value is -0.320. The zero-order valence-corrected chi connectivity index (χ0v) is 13.4. The Balaban J connectivity index is 2.25. The molecule has 0 radical (unpaired) electrons. The van der Waals surface area contributed by atoms with E-state index in [0.717, 1.165) is 0 Å². The van der Waals surface area contributed by atoms with Crippen LogP contribution >= 0.6 is 31.9 Å². The first-order chi connectivity index (χ1) is 8.85. The highest BCUT2D eigenvalue weighted by Gasteiger charge is 2.65. The number of rotatable bonds is 4. The van der Waals surface area contributed by atoms with Crippen molar-refractivity contribution in [2.45, 2.75) is 15.2 Å². The SMILES string of the molecule is O=CN[C@@H]1C(=O)N2CC(C(=O)O)(C(Br)Br)C[S@+]([O-])[C@H]12. The second-order valence-corrected chi connectivity index (χ2v) is 9.00. The molecule has 1 unspecified atom stereocenters. The van der Waals surface area contributed by atoms with Gasteiger partial charge in [-0.1, -0.05) is 31.9 Å². The van der Waals surface area contributed by atoms with E-state index in [1.807, 2.05) is 0 Å². The third kappa shape index (κ3) is 2.18. The molecule has 19 heavy (non-hydrogen) atoms. The summed E-state index contributed by atoms with van der Waals surface area (Å²) in [5.41, 5.74) is -1.34. The molecule has 0 bridgehead atoms. The monoisotopic (exact) mass is 416 g/mol. The number of nitrogens with one attached hydrogen (secondary N) is 1. The molecule has 2 amide bonds. The van der Waals surface area contributed by atoms with Gasteiger partial charge in [-0.25, -0.2) is 0 Å². The maximum atomic E-state index is 12.2. The van der Waals surface area contributed by atoms with Crippen LogP contribution in [0.15, 0.2) is 0 Å². The number of nitrogens with zero attached hydrogens (tertiary/aromatic N) is 1. The van der Waals surface area contributed by atoms with Crippen LogP contribution < -0.4 is 5.32 Å². The standard InChI is InChI=1S/C9H10Br2N2O5S/c10-7(11)9(8(16)17)1-13-5(15)4(12-3-14)6(13)19(18)2-9/h3-4,6-7H,1-2H2,(H,12,14)(H,16,17)/t4-,6-,9?,19+/m1/s1. The molecule has 0 aromatic heterocycles. The van der Waals surface area contributed by atoms with Crippen LogP contribution in [0, 0.1) is 5.41 Å². The van der Waals surface area contributed by atoms with Crippen molar-refractivity contribution in [2.24, 2.45) is 5.41 Å². The van der Waals surface area contributed by atoms with Crippen molar-refractivity contribution in [1.29, 1.82) is 0 Å². The van der Waals surface area contributed by atoms with E-state index in [2.05, 4.69) is 37.2 Å². The van der Waals surface area contributed by atoms with Crippen LogP contribution in [0.1, 0.15) is 0 Å². The van der Waals surface area contributed by atoms with Crippen molar-refractivity contribution in [1.82, 2.24) is 10.2 Å². The van der Waals surface area contributed by atoms with E-state index in [4.69, 9.17) is 0 Å². The molecule has 10 heteroatoms. The largest absolute Gasteiger partial charge is 0.615 e. The number of halogens is 2. The fraction of sp³-hybridized carbons (Fsp3) is 0.667. The molecule has 0 aromatic rings. The molecular weight excluding hydrogens is 408 g/mol. The van der Waals surface area contributed by atoms with Crippen molar-refractivity contribution in [3.63, 3.8) is 0 Å². The quantitative estimate of drug-likeness (QED) is 0.270. The molecule has 0 saturated carbocycles. The lowest BCUT2D eigenvalue weighted by atomic mass is 9.89. The molecular formula is C9H10Br2N2O5S. The summed E-state index contributed by atoms with van der Waals surface area (Å²) in [6.45, 7) is -0.0459. The Morgan fingerprint density at radius 1 is 1.68 bits per heavy atom. The minimum absolute atomic E-state index is 0.0459. The highest BCUT2D eigenvalue weighted by atomic mass is 79.9. The number of carboxylic acid groups (broad SMARTS) is 1. The van der Waals surface area contributed by atoms with E-state index < -0.39 is 43.6 Å². The lowest BCUT2D eigenvalue weighted by Crippen LogP contribution is -2.78. The van der Waals surface area contributed by atoms with Crippen molar-refractivity contribution < 1.29 is 24.0 Å². The number of carbonyl (C=O) groups excluding carboxylic acids is 2. The van der Waals surface area contributed by atoms with Crippen LogP contribution in [0.2, 0.25) is 0 Å². The molecule has 2 rings (SSSR count). The van der Waals surface area contributed by atoms with E-state index >= 15 is 0 Å². The van der Waals surface area contributed by atoms with Gasteiger partial charge in [0.25, 0.3) is 5.91 Å². The molecule has 0 aliphatic carbocycles. The molecule has 2 aliphatic rings. The summed E-state index contributed by atoms with van der Waals surface area (Å²) in [7, 11) is 0. The van der Waals surface area contributed by atoms with E-state index in [1.54, 1.807) is 0 Å².